The summed E-state index contributed by atoms with van der Waals surface area (Å²) in [7, 11) is 0. The first-order chi connectivity index (χ1) is 3.63. The van der Waals surface area contributed by atoms with E-state index < -0.39 is 31.7 Å². The zero-order chi connectivity index (χ0) is 6.57. The van der Waals surface area contributed by atoms with E-state index in [1.807, 2.05) is 0 Å². The Morgan fingerprint density at radius 1 is 1.83 bits per heavy atom. The van der Waals surface area contributed by atoms with Crippen LogP contribution in [0.1, 0.15) is 2.74 Å². The second kappa shape index (κ2) is 4.87. The van der Waals surface area contributed by atoms with E-state index in [0.29, 0.717) is 0 Å². The van der Waals surface area contributed by atoms with Crippen molar-refractivity contribution in [3.63, 3.8) is 0 Å². The van der Waals surface area contributed by atoms with Crippen LogP contribution in [-0.2, 0) is 9.59 Å². The van der Waals surface area contributed by atoms with Crippen LogP contribution in [0.4, 0.5) is 0 Å². The molecule has 0 aromatic heterocycles. The van der Waals surface area contributed by atoms with Gasteiger partial charge in [0.15, 0.2) is 4.27 Å². The average Bonchev–Trinajstić information content (AvgIpc) is 1.61. The fraction of sp³-hybridized carbons (Fsp3) is 0. The summed E-state index contributed by atoms with van der Waals surface area (Å²) in [6.45, 7) is 0. The zero-order valence-electron chi connectivity index (χ0n) is 4.64. The van der Waals surface area contributed by atoms with Gasteiger partial charge in [0, 0.05) is 0 Å². The first kappa shape index (κ1) is 2.95. The minimum atomic E-state index is -1.36. The largest absolute Gasteiger partial charge is 0.290 e. The molecule has 0 saturated carbocycles. The Morgan fingerprint density at radius 3 is 2.67 bits per heavy atom. The van der Waals surface area contributed by atoms with Gasteiger partial charge in [-0.1, -0.05) is 0 Å². The lowest BCUT2D eigenvalue weighted by molar-refractivity contribution is -0.106. The smallest absolute Gasteiger partial charge is 0.237 e. The van der Waals surface area contributed by atoms with Gasteiger partial charge in [0.2, 0.25) is 6.39 Å². The molecule has 0 aliphatic carbocycles. The van der Waals surface area contributed by atoms with Crippen molar-refractivity contribution in [1.82, 2.24) is 0 Å². The molecule has 0 aliphatic heterocycles. The van der Waals surface area contributed by atoms with Gasteiger partial charge in [-0.25, -0.2) is 0 Å². The quantitative estimate of drug-likeness (QED) is 0.352. The highest BCUT2D eigenvalue weighted by Gasteiger charge is 1.58. The second-order valence-electron chi connectivity index (χ2n) is 0.337. The van der Waals surface area contributed by atoms with Crippen LogP contribution in [0.5, 0.6) is 0 Å². The van der Waals surface area contributed by atoms with E-state index in [9.17, 15) is 9.59 Å². The Hall–Kier alpha value is -0.130. The topological polar surface area (TPSA) is 46.5 Å². The maximum Gasteiger partial charge on any atom is 0.237 e. The van der Waals surface area contributed by atoms with Crippen molar-refractivity contribution in [2.24, 2.45) is 3.15 Å². The van der Waals surface area contributed by atoms with E-state index in [2.05, 4.69) is 3.15 Å². The lowest BCUT2D eigenvalue weighted by atomic mass is 11.5. The predicted molar refractivity (Wildman–Crippen MR) is 29.3 cm³/mol. The number of hydrogen-bond donors (Lipinski definition) is 0. The number of halogens is 1. The van der Waals surface area contributed by atoms with Crippen molar-refractivity contribution in [1.29, 1.82) is 0 Å². The molecule has 0 saturated heterocycles. The zero-order valence-corrected chi connectivity index (χ0v) is 4.80. The summed E-state index contributed by atoms with van der Waals surface area (Å²) >= 11 is -1.36. The molecule has 0 aromatic carbocycles. The number of hydrogen-bond acceptors (Lipinski definition) is 2. The highest BCUT2D eigenvalue weighted by Crippen LogP contribution is 1.86. The van der Waals surface area contributed by atoms with Crippen molar-refractivity contribution in [2.75, 3.05) is 0 Å². The highest BCUT2D eigenvalue weighted by molar-refractivity contribution is 14.2. The molecule has 3 nitrogen and oxygen atoms in total. The Labute approximate surface area is 47.7 Å². The van der Waals surface area contributed by atoms with Crippen LogP contribution in [0, 0.1) is 0 Å². The van der Waals surface area contributed by atoms with Gasteiger partial charge >= 0.3 is 0 Å². The summed E-state index contributed by atoms with van der Waals surface area (Å²) < 4.78 is 14.5. The molecule has 1 amide bonds. The Kier molecular flexibility index (Phi) is 2.39. The molecule has 6 heavy (non-hydrogen) atoms. The third-order valence-electron chi connectivity index (χ3n) is 0.111. The monoisotopic (exact) mass is 201 g/mol. The van der Waals surface area contributed by atoms with E-state index >= 15 is 0 Å². The van der Waals surface area contributed by atoms with Gasteiger partial charge in [0.25, 0.3) is 0 Å². The molecule has 0 heterocycles. The lowest BCUT2D eigenvalue weighted by Crippen LogP contribution is -1.47. The summed E-state index contributed by atoms with van der Waals surface area (Å²) in [5, 5.41) is 0. The molecule has 4 heteroatoms. The van der Waals surface area contributed by atoms with Gasteiger partial charge in [0.05, 0.1) is 21.0 Å². The maximum absolute atomic E-state index is 9.73. The summed E-state index contributed by atoms with van der Waals surface area (Å²) in [5.41, 5.74) is 0. The summed E-state index contributed by atoms with van der Waals surface area (Å²) in [5.74, 6) is 0. The number of nitrogens with zero attached hydrogens (tertiary/aromatic N) is 1. The lowest BCUT2D eigenvalue weighted by Gasteiger charge is -1.52. The first-order valence-corrected chi connectivity index (χ1v) is 3.03. The van der Waals surface area contributed by atoms with Crippen LogP contribution < -0.4 is 0 Å². The molecule has 0 aromatic rings. The SMILES string of the molecule is [2H]C(=O)N=IC([2H])=O. The van der Waals surface area contributed by atoms with Crippen molar-refractivity contribution < 1.29 is 12.3 Å². The van der Waals surface area contributed by atoms with Gasteiger partial charge in [-0.3, -0.25) is 9.59 Å². The second-order valence-corrected chi connectivity index (χ2v) is 1.74. The minimum Gasteiger partial charge on any atom is -0.290 e. The molecule has 0 atom stereocenters. The van der Waals surface area contributed by atoms with Gasteiger partial charge in [-0.05, 0) is 0 Å². The van der Waals surface area contributed by atoms with Crippen LogP contribution in [0.2, 0.25) is 0 Å². The Morgan fingerprint density at radius 2 is 2.50 bits per heavy atom. The Balaban J connectivity index is 3.67. The Bertz CT molecular complexity index is 129. The summed E-state index contributed by atoms with van der Waals surface area (Å²) in [4.78, 5) is 19.4. The van der Waals surface area contributed by atoms with Gasteiger partial charge in [-0.2, -0.15) is 3.15 Å². The number of carbonyl (C=O) groups excluding carboxylic acids is 2. The molecular weight excluding hydrogens is 197 g/mol. The molecule has 0 unspecified atom stereocenters. The molecule has 0 bridgehead atoms. The molecular formula is C2H2INO2. The fourth-order valence-electron chi connectivity index (χ4n) is 0.0345. The van der Waals surface area contributed by atoms with Crippen LogP contribution in [0.25, 0.3) is 0 Å². The van der Waals surface area contributed by atoms with E-state index in [-0.39, 0.29) is 0 Å². The number of rotatable bonds is 1. The van der Waals surface area contributed by atoms with Gasteiger partial charge in [-0.15, -0.1) is 0 Å². The molecule has 0 N–H and O–H groups in total. The third-order valence-corrected chi connectivity index (χ3v) is 0.746. The van der Waals surface area contributed by atoms with Crippen molar-refractivity contribution in [2.45, 2.75) is 0 Å². The maximum atomic E-state index is 9.73. The van der Waals surface area contributed by atoms with E-state index in [0.717, 1.165) is 0 Å². The summed E-state index contributed by atoms with van der Waals surface area (Å²) in [6.07, 6.45) is -1.11. The molecule has 0 spiro atoms. The van der Waals surface area contributed by atoms with E-state index in [1.165, 1.54) is 0 Å². The van der Waals surface area contributed by atoms with Crippen molar-refractivity contribution in [3.8, 4) is 0 Å². The normalized spacial score (nSPS) is 14.7. The highest BCUT2D eigenvalue weighted by atomic mass is 127. The standard InChI is InChI=1S/C2H2INO2/c5-1-3-4-2-6/h1-2H/i1D,2D. The van der Waals surface area contributed by atoms with E-state index in [4.69, 9.17) is 2.74 Å². The molecule has 0 rings (SSSR count). The fourth-order valence-corrected chi connectivity index (χ4v) is 0.231. The van der Waals surface area contributed by atoms with Crippen LogP contribution >= 0.6 is 21.0 Å². The van der Waals surface area contributed by atoms with Crippen LogP contribution in [0.15, 0.2) is 3.15 Å². The van der Waals surface area contributed by atoms with Gasteiger partial charge < -0.3 is 0 Å². The minimum absolute atomic E-state index is 0.843. The molecule has 0 fully saturated rings. The van der Waals surface area contributed by atoms with Crippen LogP contribution in [0.3, 0.4) is 0 Å². The van der Waals surface area contributed by atoms with E-state index in [1.54, 1.807) is 0 Å². The first-order valence-electron chi connectivity index (χ1n) is 1.99. The van der Waals surface area contributed by atoms with Crippen molar-refractivity contribution in [3.05, 3.63) is 0 Å². The summed E-state index contributed by atoms with van der Waals surface area (Å²) in [6, 6.07) is 0. The molecule has 34 valence electrons. The van der Waals surface area contributed by atoms with Gasteiger partial charge in [0.1, 0.15) is 2.74 Å². The number of carbonyl (C=O) groups is 2. The molecule has 0 aliphatic rings. The average molecular weight is 201 g/mol. The predicted octanol–water partition coefficient (Wildman–Crippen LogP) is 0.487. The van der Waals surface area contributed by atoms with Crippen LogP contribution in [-0.4, -0.2) is 10.7 Å². The number of amides is 1. The van der Waals surface area contributed by atoms with Crippen molar-refractivity contribution >= 4 is 31.7 Å². The molecule has 0 radical (unpaired) electrons. The third kappa shape index (κ3) is 3.87.